The van der Waals surface area contributed by atoms with Crippen molar-refractivity contribution in [3.63, 3.8) is 0 Å². The number of benzene rings is 1. The molecule has 18 heavy (non-hydrogen) atoms. The van der Waals surface area contributed by atoms with Crippen molar-refractivity contribution in [1.82, 2.24) is 14.8 Å². The van der Waals surface area contributed by atoms with E-state index in [0.29, 0.717) is 5.02 Å². The zero-order valence-corrected chi connectivity index (χ0v) is 11.5. The number of nitrogens with zero attached hydrogens (tertiary/aromatic N) is 4. The number of halogens is 1. The van der Waals surface area contributed by atoms with Crippen LogP contribution in [-0.2, 0) is 7.05 Å². The van der Waals surface area contributed by atoms with Gasteiger partial charge in [0.05, 0.1) is 11.3 Å². The Morgan fingerprint density at radius 2 is 2.00 bits per heavy atom. The molecule has 0 N–H and O–H groups in total. The Hall–Kier alpha value is -1.51. The second-order valence-corrected chi connectivity index (χ2v) is 5.51. The smallest absolute Gasteiger partial charge is 0.192 e. The standard InChI is InChI=1S/C12H11ClN4S/c1-8(7-14)18-12-16-15-11(17(12)2)9-3-5-10(13)6-4-9/h3-6,8H,1-2H3/t8-/m1/s1. The first-order chi connectivity index (χ1) is 8.61. The summed E-state index contributed by atoms with van der Waals surface area (Å²) in [6.07, 6.45) is 0. The fraction of sp³-hybridized carbons (Fsp3) is 0.250. The highest BCUT2D eigenvalue weighted by molar-refractivity contribution is 8.00. The molecule has 0 aliphatic rings. The van der Waals surface area contributed by atoms with Crippen LogP contribution in [0.2, 0.25) is 5.02 Å². The summed E-state index contributed by atoms with van der Waals surface area (Å²) in [5.41, 5.74) is 0.950. The van der Waals surface area contributed by atoms with Crippen LogP contribution in [0.4, 0.5) is 0 Å². The van der Waals surface area contributed by atoms with Gasteiger partial charge in [-0.1, -0.05) is 23.4 Å². The van der Waals surface area contributed by atoms with Gasteiger partial charge in [0.25, 0.3) is 0 Å². The number of thioether (sulfide) groups is 1. The van der Waals surface area contributed by atoms with Crippen molar-refractivity contribution in [3.05, 3.63) is 29.3 Å². The number of hydrogen-bond donors (Lipinski definition) is 0. The molecule has 0 amide bonds. The maximum atomic E-state index is 8.80. The van der Waals surface area contributed by atoms with Crippen LogP contribution in [-0.4, -0.2) is 20.0 Å². The fourth-order valence-electron chi connectivity index (χ4n) is 1.45. The molecule has 2 aromatic rings. The van der Waals surface area contributed by atoms with E-state index in [4.69, 9.17) is 16.9 Å². The molecule has 0 spiro atoms. The average Bonchev–Trinajstić information content (AvgIpc) is 2.72. The van der Waals surface area contributed by atoms with E-state index in [1.165, 1.54) is 11.8 Å². The zero-order valence-electron chi connectivity index (χ0n) is 9.96. The van der Waals surface area contributed by atoms with Gasteiger partial charge in [-0.15, -0.1) is 10.2 Å². The van der Waals surface area contributed by atoms with Gasteiger partial charge >= 0.3 is 0 Å². The summed E-state index contributed by atoms with van der Waals surface area (Å²) in [6.45, 7) is 1.83. The minimum Gasteiger partial charge on any atom is -0.305 e. The van der Waals surface area contributed by atoms with Crippen LogP contribution in [0.15, 0.2) is 29.4 Å². The summed E-state index contributed by atoms with van der Waals surface area (Å²) in [5, 5.41) is 18.3. The number of nitriles is 1. The Morgan fingerprint density at radius 3 is 2.61 bits per heavy atom. The fourth-order valence-corrected chi connectivity index (χ4v) is 2.28. The Labute approximate surface area is 115 Å². The molecule has 0 bridgehead atoms. The van der Waals surface area contributed by atoms with Gasteiger partial charge in [0.15, 0.2) is 11.0 Å². The minimum atomic E-state index is -0.147. The van der Waals surface area contributed by atoms with Gasteiger partial charge in [0.1, 0.15) is 0 Å². The van der Waals surface area contributed by atoms with Crippen LogP contribution in [0.1, 0.15) is 6.92 Å². The molecule has 0 saturated heterocycles. The highest BCUT2D eigenvalue weighted by atomic mass is 35.5. The molecule has 4 nitrogen and oxygen atoms in total. The Bertz CT molecular complexity index is 585. The van der Waals surface area contributed by atoms with Gasteiger partial charge in [-0.2, -0.15) is 5.26 Å². The number of rotatable bonds is 3. The molecule has 92 valence electrons. The molecule has 1 aromatic carbocycles. The van der Waals surface area contributed by atoms with Gasteiger partial charge in [-0.25, -0.2) is 0 Å². The van der Waals surface area contributed by atoms with E-state index < -0.39 is 0 Å². The molecule has 0 unspecified atom stereocenters. The SMILES string of the molecule is C[C@H](C#N)Sc1nnc(-c2ccc(Cl)cc2)n1C. The molecule has 0 saturated carbocycles. The lowest BCUT2D eigenvalue weighted by Crippen LogP contribution is -1.98. The molecule has 6 heteroatoms. The second kappa shape index (κ2) is 5.42. The number of hydrogen-bond acceptors (Lipinski definition) is 4. The van der Waals surface area contributed by atoms with Gasteiger partial charge in [-0.05, 0) is 31.2 Å². The van der Waals surface area contributed by atoms with Crippen molar-refractivity contribution in [2.24, 2.45) is 7.05 Å². The van der Waals surface area contributed by atoms with E-state index in [1.807, 2.05) is 42.8 Å². The van der Waals surface area contributed by atoms with E-state index in [2.05, 4.69) is 16.3 Å². The van der Waals surface area contributed by atoms with E-state index >= 15 is 0 Å². The van der Waals surface area contributed by atoms with Crippen LogP contribution in [0.5, 0.6) is 0 Å². The number of aromatic nitrogens is 3. The predicted octanol–water partition coefficient (Wildman–Crippen LogP) is 3.14. The molecule has 1 aromatic heterocycles. The monoisotopic (exact) mass is 278 g/mol. The summed E-state index contributed by atoms with van der Waals surface area (Å²) in [5.74, 6) is 0.763. The largest absolute Gasteiger partial charge is 0.305 e. The molecular weight excluding hydrogens is 268 g/mol. The topological polar surface area (TPSA) is 54.5 Å². The van der Waals surface area contributed by atoms with Crippen molar-refractivity contribution in [3.8, 4) is 17.5 Å². The molecule has 2 rings (SSSR count). The van der Waals surface area contributed by atoms with Gasteiger partial charge in [-0.3, -0.25) is 0 Å². The van der Waals surface area contributed by atoms with Gasteiger partial charge < -0.3 is 4.57 Å². The molecule has 0 aliphatic carbocycles. The van der Waals surface area contributed by atoms with Crippen molar-refractivity contribution < 1.29 is 0 Å². The lowest BCUT2D eigenvalue weighted by atomic mass is 10.2. The van der Waals surface area contributed by atoms with Gasteiger partial charge in [0, 0.05) is 17.6 Å². The van der Waals surface area contributed by atoms with Crippen molar-refractivity contribution in [2.75, 3.05) is 0 Å². The first-order valence-corrected chi connectivity index (χ1v) is 6.59. The van der Waals surface area contributed by atoms with Crippen molar-refractivity contribution in [1.29, 1.82) is 5.26 Å². The summed E-state index contributed by atoms with van der Waals surface area (Å²) >= 11 is 7.24. The molecule has 1 heterocycles. The Kier molecular flexibility index (Phi) is 3.90. The van der Waals surface area contributed by atoms with Crippen molar-refractivity contribution >= 4 is 23.4 Å². The maximum Gasteiger partial charge on any atom is 0.192 e. The Balaban J connectivity index is 2.31. The van der Waals surface area contributed by atoms with E-state index in [0.717, 1.165) is 16.5 Å². The lowest BCUT2D eigenvalue weighted by Gasteiger charge is -2.04. The van der Waals surface area contributed by atoms with E-state index in [-0.39, 0.29) is 5.25 Å². The third kappa shape index (κ3) is 2.66. The highest BCUT2D eigenvalue weighted by Gasteiger charge is 2.13. The lowest BCUT2D eigenvalue weighted by molar-refractivity contribution is 0.792. The average molecular weight is 279 g/mol. The molecule has 1 atom stereocenters. The summed E-state index contributed by atoms with van der Waals surface area (Å²) in [4.78, 5) is 0. The van der Waals surface area contributed by atoms with Crippen LogP contribution in [0, 0.1) is 11.3 Å². The normalized spacial score (nSPS) is 12.1. The third-order valence-electron chi connectivity index (χ3n) is 2.40. The van der Waals surface area contributed by atoms with Crippen LogP contribution >= 0.6 is 23.4 Å². The quantitative estimate of drug-likeness (QED) is 0.810. The highest BCUT2D eigenvalue weighted by Crippen LogP contribution is 2.25. The van der Waals surface area contributed by atoms with Crippen molar-refractivity contribution in [2.45, 2.75) is 17.3 Å². The Morgan fingerprint density at radius 1 is 1.33 bits per heavy atom. The first-order valence-electron chi connectivity index (χ1n) is 5.33. The first kappa shape index (κ1) is 12.9. The van der Waals surface area contributed by atoms with Crippen LogP contribution in [0.3, 0.4) is 0 Å². The third-order valence-corrected chi connectivity index (χ3v) is 3.68. The predicted molar refractivity (Wildman–Crippen MR) is 72.4 cm³/mol. The molecule has 0 aliphatic heterocycles. The zero-order chi connectivity index (χ0) is 13.1. The molecule has 0 radical (unpaired) electrons. The summed E-state index contributed by atoms with van der Waals surface area (Å²) < 4.78 is 1.88. The molecular formula is C12H11ClN4S. The van der Waals surface area contributed by atoms with Crippen LogP contribution in [0.25, 0.3) is 11.4 Å². The van der Waals surface area contributed by atoms with Crippen LogP contribution < -0.4 is 0 Å². The minimum absolute atomic E-state index is 0.147. The second-order valence-electron chi connectivity index (χ2n) is 3.76. The van der Waals surface area contributed by atoms with E-state index in [9.17, 15) is 0 Å². The van der Waals surface area contributed by atoms with Gasteiger partial charge in [0.2, 0.25) is 0 Å². The summed E-state index contributed by atoms with van der Waals surface area (Å²) in [6, 6.07) is 9.59. The van der Waals surface area contributed by atoms with E-state index in [1.54, 1.807) is 0 Å². The summed E-state index contributed by atoms with van der Waals surface area (Å²) in [7, 11) is 1.89. The molecule has 0 fully saturated rings. The maximum absolute atomic E-state index is 8.80.